The van der Waals surface area contributed by atoms with E-state index in [-0.39, 0.29) is 11.9 Å². The Morgan fingerprint density at radius 3 is 2.33 bits per heavy atom. The highest BCUT2D eigenvalue weighted by Gasteiger charge is 2.24. The van der Waals surface area contributed by atoms with Gasteiger partial charge < -0.3 is 4.74 Å². The van der Waals surface area contributed by atoms with Crippen LogP contribution in [0.2, 0.25) is 0 Å². The lowest BCUT2D eigenvalue weighted by Gasteiger charge is -2.14. The van der Waals surface area contributed by atoms with Crippen LogP contribution in [0, 0.1) is 11.6 Å². The molecular formula is C11H13F2NO3S. The average molecular weight is 277 g/mol. The fourth-order valence-corrected chi connectivity index (χ4v) is 2.61. The van der Waals surface area contributed by atoms with Gasteiger partial charge in [0.15, 0.2) is 11.6 Å². The number of halogens is 2. The summed E-state index contributed by atoms with van der Waals surface area (Å²) in [6, 6.07) is 2.01. The lowest BCUT2D eigenvalue weighted by molar-refractivity contribution is 0.197. The van der Waals surface area contributed by atoms with Gasteiger partial charge in [-0.3, -0.25) is 0 Å². The molecule has 100 valence electrons. The molecule has 0 saturated heterocycles. The first-order chi connectivity index (χ1) is 8.39. The summed E-state index contributed by atoms with van der Waals surface area (Å²) in [5, 5.41) is 4.76. The molecule has 0 aliphatic heterocycles. The summed E-state index contributed by atoms with van der Waals surface area (Å²) >= 11 is 0. The van der Waals surface area contributed by atoms with Crippen molar-refractivity contribution in [1.82, 2.24) is 0 Å². The molecule has 0 unspecified atom stereocenters. The van der Waals surface area contributed by atoms with Crippen LogP contribution in [0.3, 0.4) is 0 Å². The third-order valence-electron chi connectivity index (χ3n) is 2.91. The molecule has 0 radical (unpaired) electrons. The second kappa shape index (κ2) is 4.81. The van der Waals surface area contributed by atoms with E-state index in [0.717, 1.165) is 37.8 Å². The predicted octanol–water partition coefficient (Wildman–Crippen LogP) is 1.93. The molecule has 1 fully saturated rings. The second-order valence-corrected chi connectivity index (χ2v) is 5.79. The molecule has 0 heterocycles. The van der Waals surface area contributed by atoms with E-state index in [9.17, 15) is 17.2 Å². The standard InChI is InChI=1S/C11H13F2NO3S/c12-10-8(17-7-3-1-2-4-7)5-6-9(11(10)13)18(14,15)16/h5-7H,1-4H2,(H2,14,15,16). The Hall–Kier alpha value is -1.21. The van der Waals surface area contributed by atoms with E-state index in [1.54, 1.807) is 0 Å². The van der Waals surface area contributed by atoms with Crippen LogP contribution in [-0.4, -0.2) is 14.5 Å². The maximum absolute atomic E-state index is 13.6. The molecule has 1 aromatic carbocycles. The Bertz CT molecular complexity index is 554. The second-order valence-electron chi connectivity index (χ2n) is 4.26. The van der Waals surface area contributed by atoms with Gasteiger partial charge in [0.2, 0.25) is 15.8 Å². The normalized spacial score (nSPS) is 17.1. The minimum atomic E-state index is -4.27. The Kier molecular flexibility index (Phi) is 3.54. The van der Waals surface area contributed by atoms with Crippen LogP contribution in [-0.2, 0) is 10.0 Å². The summed E-state index contributed by atoms with van der Waals surface area (Å²) in [7, 11) is -4.27. The largest absolute Gasteiger partial charge is 0.487 e. The van der Waals surface area contributed by atoms with Crippen molar-refractivity contribution >= 4 is 10.0 Å². The molecule has 18 heavy (non-hydrogen) atoms. The summed E-state index contributed by atoms with van der Waals surface area (Å²) in [5.41, 5.74) is 0. The monoisotopic (exact) mass is 277 g/mol. The van der Waals surface area contributed by atoms with Gasteiger partial charge in [0, 0.05) is 0 Å². The zero-order valence-electron chi connectivity index (χ0n) is 9.53. The summed E-state index contributed by atoms with van der Waals surface area (Å²) in [6.07, 6.45) is 3.42. The molecule has 1 aliphatic rings. The van der Waals surface area contributed by atoms with Gasteiger partial charge in [-0.25, -0.2) is 17.9 Å². The minimum absolute atomic E-state index is 0.140. The first-order valence-electron chi connectivity index (χ1n) is 5.57. The summed E-state index contributed by atoms with van der Waals surface area (Å²) < 4.78 is 54.4. The van der Waals surface area contributed by atoms with Crippen LogP contribution in [0.5, 0.6) is 5.75 Å². The Labute approximate surface area is 104 Å². The first kappa shape index (κ1) is 13.2. The van der Waals surface area contributed by atoms with Crippen molar-refractivity contribution in [3.05, 3.63) is 23.8 Å². The van der Waals surface area contributed by atoms with Gasteiger partial charge in [0.25, 0.3) is 0 Å². The summed E-state index contributed by atoms with van der Waals surface area (Å²) in [5.74, 6) is -3.08. The van der Waals surface area contributed by atoms with Crippen molar-refractivity contribution in [2.45, 2.75) is 36.7 Å². The van der Waals surface area contributed by atoms with Crippen LogP contribution in [0.1, 0.15) is 25.7 Å². The zero-order chi connectivity index (χ0) is 13.3. The molecule has 2 rings (SSSR count). The quantitative estimate of drug-likeness (QED) is 0.917. The summed E-state index contributed by atoms with van der Waals surface area (Å²) in [6.45, 7) is 0. The molecule has 0 spiro atoms. The van der Waals surface area contributed by atoms with E-state index in [1.807, 2.05) is 0 Å². The molecule has 2 N–H and O–H groups in total. The van der Waals surface area contributed by atoms with Crippen LogP contribution in [0.15, 0.2) is 17.0 Å². The molecule has 1 saturated carbocycles. The van der Waals surface area contributed by atoms with Crippen LogP contribution in [0.4, 0.5) is 8.78 Å². The van der Waals surface area contributed by atoms with Gasteiger partial charge in [0.1, 0.15) is 4.90 Å². The highest BCUT2D eigenvalue weighted by atomic mass is 32.2. The Morgan fingerprint density at radius 1 is 1.17 bits per heavy atom. The van der Waals surface area contributed by atoms with Crippen LogP contribution >= 0.6 is 0 Å². The maximum Gasteiger partial charge on any atom is 0.241 e. The third kappa shape index (κ3) is 2.62. The average Bonchev–Trinajstić information content (AvgIpc) is 2.76. The molecule has 0 aromatic heterocycles. The van der Waals surface area contributed by atoms with E-state index in [2.05, 4.69) is 0 Å². The van der Waals surface area contributed by atoms with Crippen molar-refractivity contribution < 1.29 is 21.9 Å². The van der Waals surface area contributed by atoms with Crippen molar-refractivity contribution in [2.24, 2.45) is 5.14 Å². The van der Waals surface area contributed by atoms with Gasteiger partial charge in [-0.15, -0.1) is 0 Å². The highest BCUT2D eigenvalue weighted by molar-refractivity contribution is 7.89. The number of rotatable bonds is 3. The van der Waals surface area contributed by atoms with E-state index in [4.69, 9.17) is 9.88 Å². The van der Waals surface area contributed by atoms with Crippen LogP contribution in [0.25, 0.3) is 0 Å². The lowest BCUT2D eigenvalue weighted by atomic mass is 10.3. The number of benzene rings is 1. The van der Waals surface area contributed by atoms with Gasteiger partial charge in [0.05, 0.1) is 6.10 Å². The van der Waals surface area contributed by atoms with E-state index >= 15 is 0 Å². The van der Waals surface area contributed by atoms with Crippen molar-refractivity contribution in [2.75, 3.05) is 0 Å². The first-order valence-corrected chi connectivity index (χ1v) is 7.11. The van der Waals surface area contributed by atoms with E-state index in [0.29, 0.717) is 0 Å². The van der Waals surface area contributed by atoms with Crippen molar-refractivity contribution in [3.8, 4) is 5.75 Å². The number of ether oxygens (including phenoxy) is 1. The molecule has 0 atom stereocenters. The fraction of sp³-hybridized carbons (Fsp3) is 0.455. The van der Waals surface area contributed by atoms with Crippen molar-refractivity contribution in [1.29, 1.82) is 0 Å². The minimum Gasteiger partial charge on any atom is -0.487 e. The summed E-state index contributed by atoms with van der Waals surface area (Å²) in [4.78, 5) is -0.862. The van der Waals surface area contributed by atoms with Gasteiger partial charge >= 0.3 is 0 Å². The third-order valence-corrected chi connectivity index (χ3v) is 3.84. The molecule has 0 amide bonds. The fourth-order valence-electron chi connectivity index (χ4n) is 2.01. The number of hydrogen-bond donors (Lipinski definition) is 1. The number of nitrogens with two attached hydrogens (primary N) is 1. The lowest BCUT2D eigenvalue weighted by Crippen LogP contribution is -2.17. The maximum atomic E-state index is 13.6. The Morgan fingerprint density at radius 2 is 1.78 bits per heavy atom. The number of sulfonamides is 1. The van der Waals surface area contributed by atoms with Gasteiger partial charge in [-0.1, -0.05) is 0 Å². The number of hydrogen-bond acceptors (Lipinski definition) is 3. The molecule has 1 aromatic rings. The molecular weight excluding hydrogens is 264 g/mol. The topological polar surface area (TPSA) is 69.4 Å². The predicted molar refractivity (Wildman–Crippen MR) is 60.6 cm³/mol. The Balaban J connectivity index is 2.31. The van der Waals surface area contributed by atoms with Crippen LogP contribution < -0.4 is 9.88 Å². The van der Waals surface area contributed by atoms with Gasteiger partial charge in [-0.05, 0) is 37.8 Å². The number of primary sulfonamides is 1. The highest BCUT2D eigenvalue weighted by Crippen LogP contribution is 2.29. The van der Waals surface area contributed by atoms with Gasteiger partial charge in [-0.2, -0.15) is 4.39 Å². The van der Waals surface area contributed by atoms with E-state index in [1.165, 1.54) is 0 Å². The molecule has 4 nitrogen and oxygen atoms in total. The SMILES string of the molecule is NS(=O)(=O)c1ccc(OC2CCCC2)c(F)c1F. The molecule has 7 heteroatoms. The smallest absolute Gasteiger partial charge is 0.241 e. The molecule has 0 bridgehead atoms. The van der Waals surface area contributed by atoms with Crippen molar-refractivity contribution in [3.63, 3.8) is 0 Å². The molecule has 1 aliphatic carbocycles. The van der Waals surface area contributed by atoms with E-state index < -0.39 is 26.6 Å². The zero-order valence-corrected chi connectivity index (χ0v) is 10.3.